The number of aryl methyl sites for hydroxylation is 1. The van der Waals surface area contributed by atoms with E-state index in [-0.39, 0.29) is 17.4 Å². The molecule has 0 spiro atoms. The topological polar surface area (TPSA) is 70.2 Å². The zero-order chi connectivity index (χ0) is 22.7. The van der Waals surface area contributed by atoms with Crippen LogP contribution < -0.4 is 4.74 Å². The predicted octanol–water partition coefficient (Wildman–Crippen LogP) is 5.85. The number of ketones is 1. The minimum atomic E-state index is -0.505. The molecule has 1 aromatic carbocycles. The number of aromatic nitrogens is 3. The van der Waals surface area contributed by atoms with Gasteiger partial charge in [-0.15, -0.1) is 21.5 Å². The Kier molecular flexibility index (Phi) is 6.76. The molecule has 0 radical (unpaired) electrons. The first-order valence-corrected chi connectivity index (χ1v) is 11.9. The lowest BCUT2D eigenvalue weighted by Crippen LogP contribution is -2.07. The van der Waals surface area contributed by atoms with E-state index in [1.165, 1.54) is 40.9 Å². The minimum absolute atomic E-state index is 0.0101. The molecule has 0 aliphatic heterocycles. The number of carbonyl (C=O) groups excluding carboxylic acids is 1. The summed E-state index contributed by atoms with van der Waals surface area (Å²) in [5.74, 6) is 0.658. The second kappa shape index (κ2) is 9.70. The Morgan fingerprint density at radius 3 is 2.75 bits per heavy atom. The SMILES string of the molecule is Cc1cc(C(=O)CSc2nnc([C@@H](C)Oc3ccc(F)cc3)o2)c(C)n1Cc1cccs1. The maximum atomic E-state index is 13.0. The zero-order valence-electron chi connectivity index (χ0n) is 17.9. The van der Waals surface area contributed by atoms with Crippen molar-refractivity contribution in [1.29, 1.82) is 0 Å². The average molecular weight is 472 g/mol. The second-order valence-corrected chi connectivity index (χ2v) is 9.24. The van der Waals surface area contributed by atoms with Crippen LogP contribution in [-0.4, -0.2) is 26.3 Å². The summed E-state index contributed by atoms with van der Waals surface area (Å²) in [6, 6.07) is 11.8. The van der Waals surface area contributed by atoms with Crippen LogP contribution in [0.2, 0.25) is 0 Å². The van der Waals surface area contributed by atoms with Gasteiger partial charge in [-0.05, 0) is 62.5 Å². The van der Waals surface area contributed by atoms with Crippen LogP contribution in [-0.2, 0) is 6.54 Å². The summed E-state index contributed by atoms with van der Waals surface area (Å²) in [6.45, 7) is 6.50. The van der Waals surface area contributed by atoms with Gasteiger partial charge < -0.3 is 13.7 Å². The lowest BCUT2D eigenvalue weighted by atomic mass is 10.2. The number of hydrogen-bond donors (Lipinski definition) is 0. The van der Waals surface area contributed by atoms with Gasteiger partial charge in [0.1, 0.15) is 11.6 Å². The molecule has 0 fully saturated rings. The van der Waals surface area contributed by atoms with Crippen LogP contribution in [0.5, 0.6) is 5.75 Å². The van der Waals surface area contributed by atoms with E-state index < -0.39 is 6.10 Å². The number of carbonyl (C=O) groups is 1. The summed E-state index contributed by atoms with van der Waals surface area (Å²) in [7, 11) is 0. The van der Waals surface area contributed by atoms with Crippen molar-refractivity contribution in [3.05, 3.63) is 81.4 Å². The average Bonchev–Trinajstić information content (AvgIpc) is 3.52. The second-order valence-electron chi connectivity index (χ2n) is 7.28. The first-order valence-electron chi connectivity index (χ1n) is 10.0. The fourth-order valence-electron chi connectivity index (χ4n) is 3.30. The van der Waals surface area contributed by atoms with Crippen LogP contribution in [0, 0.1) is 19.7 Å². The van der Waals surface area contributed by atoms with Crippen molar-refractivity contribution in [2.45, 2.75) is 38.6 Å². The molecule has 3 aromatic heterocycles. The molecule has 3 heterocycles. The highest BCUT2D eigenvalue weighted by atomic mass is 32.2. The summed E-state index contributed by atoms with van der Waals surface area (Å²) in [4.78, 5) is 14.1. The molecule has 0 N–H and O–H groups in total. The molecule has 9 heteroatoms. The van der Waals surface area contributed by atoms with Crippen molar-refractivity contribution in [3.8, 4) is 5.75 Å². The highest BCUT2D eigenvalue weighted by molar-refractivity contribution is 7.99. The molecule has 0 aliphatic rings. The van der Waals surface area contributed by atoms with Gasteiger partial charge in [-0.2, -0.15) is 0 Å². The van der Waals surface area contributed by atoms with E-state index in [0.29, 0.717) is 22.4 Å². The van der Waals surface area contributed by atoms with E-state index >= 15 is 0 Å². The monoisotopic (exact) mass is 471 g/mol. The number of Topliss-reactive ketones (excluding diaryl/α,β-unsaturated/α-hetero) is 1. The molecule has 4 aromatic rings. The number of halogens is 1. The third kappa shape index (κ3) is 5.11. The first kappa shape index (κ1) is 22.3. The molecule has 0 saturated heterocycles. The zero-order valence-corrected chi connectivity index (χ0v) is 19.5. The van der Waals surface area contributed by atoms with Gasteiger partial charge in [0.15, 0.2) is 11.9 Å². The van der Waals surface area contributed by atoms with Crippen LogP contribution in [0.4, 0.5) is 4.39 Å². The number of nitrogens with zero attached hydrogens (tertiary/aromatic N) is 3. The molecule has 0 unspecified atom stereocenters. The molecular weight excluding hydrogens is 449 g/mol. The van der Waals surface area contributed by atoms with Gasteiger partial charge >= 0.3 is 0 Å². The normalized spacial score (nSPS) is 12.1. The Morgan fingerprint density at radius 2 is 2.03 bits per heavy atom. The molecule has 1 atom stereocenters. The molecule has 4 rings (SSSR count). The maximum Gasteiger partial charge on any atom is 0.277 e. The van der Waals surface area contributed by atoms with Crippen molar-refractivity contribution in [3.63, 3.8) is 0 Å². The molecule has 0 aliphatic carbocycles. The molecule has 0 saturated carbocycles. The molecule has 166 valence electrons. The van der Waals surface area contributed by atoms with Crippen molar-refractivity contribution in [2.24, 2.45) is 0 Å². The van der Waals surface area contributed by atoms with Gasteiger partial charge in [-0.3, -0.25) is 4.79 Å². The number of hydrogen-bond acceptors (Lipinski definition) is 7. The van der Waals surface area contributed by atoms with Crippen LogP contribution in [0.25, 0.3) is 0 Å². The number of rotatable bonds is 9. The van der Waals surface area contributed by atoms with Crippen molar-refractivity contribution >= 4 is 28.9 Å². The summed E-state index contributed by atoms with van der Waals surface area (Å²) in [5, 5.41) is 10.4. The highest BCUT2D eigenvalue weighted by Gasteiger charge is 2.20. The van der Waals surface area contributed by atoms with E-state index in [1.54, 1.807) is 18.3 Å². The Hall–Kier alpha value is -2.91. The number of thioether (sulfide) groups is 1. The van der Waals surface area contributed by atoms with E-state index in [0.717, 1.165) is 17.9 Å². The fraction of sp³-hybridized carbons (Fsp3) is 0.261. The Bertz CT molecular complexity index is 1200. The van der Waals surface area contributed by atoms with Gasteiger partial charge in [0, 0.05) is 21.8 Å². The molecular formula is C23H22FN3O3S2. The number of benzene rings is 1. The predicted molar refractivity (Wildman–Crippen MR) is 122 cm³/mol. The van der Waals surface area contributed by atoms with E-state index in [2.05, 4.69) is 26.2 Å². The van der Waals surface area contributed by atoms with Crippen molar-refractivity contribution in [1.82, 2.24) is 14.8 Å². The fourth-order valence-corrected chi connectivity index (χ4v) is 4.65. The highest BCUT2D eigenvalue weighted by Crippen LogP contribution is 2.26. The first-order chi connectivity index (χ1) is 15.4. The summed E-state index contributed by atoms with van der Waals surface area (Å²) in [5.41, 5.74) is 2.71. The summed E-state index contributed by atoms with van der Waals surface area (Å²) >= 11 is 2.90. The van der Waals surface area contributed by atoms with E-state index in [1.807, 2.05) is 26.0 Å². The smallest absolute Gasteiger partial charge is 0.277 e. The van der Waals surface area contributed by atoms with Crippen molar-refractivity contribution < 1.29 is 18.3 Å². The lowest BCUT2D eigenvalue weighted by Gasteiger charge is -2.10. The third-order valence-corrected chi connectivity index (χ3v) is 6.67. The van der Waals surface area contributed by atoms with Gasteiger partial charge in [-0.25, -0.2) is 4.39 Å². The molecule has 0 amide bonds. The van der Waals surface area contributed by atoms with Crippen LogP contribution in [0.3, 0.4) is 0 Å². The Balaban J connectivity index is 1.36. The van der Waals surface area contributed by atoms with Gasteiger partial charge in [0.05, 0.1) is 12.3 Å². The van der Waals surface area contributed by atoms with Gasteiger partial charge in [-0.1, -0.05) is 17.8 Å². The van der Waals surface area contributed by atoms with Crippen LogP contribution in [0.15, 0.2) is 57.5 Å². The summed E-state index contributed by atoms with van der Waals surface area (Å²) in [6.07, 6.45) is -0.505. The Labute approximate surface area is 193 Å². The third-order valence-electron chi connectivity index (χ3n) is 4.99. The number of thiophene rings is 1. The van der Waals surface area contributed by atoms with Gasteiger partial charge in [0.2, 0.25) is 0 Å². The molecule has 0 bridgehead atoms. The number of ether oxygens (including phenoxy) is 1. The summed E-state index contributed by atoms with van der Waals surface area (Å²) < 4.78 is 26.5. The van der Waals surface area contributed by atoms with Gasteiger partial charge in [0.25, 0.3) is 11.1 Å². The van der Waals surface area contributed by atoms with Crippen molar-refractivity contribution in [2.75, 3.05) is 5.75 Å². The quantitative estimate of drug-likeness (QED) is 0.225. The van der Waals surface area contributed by atoms with E-state index in [9.17, 15) is 9.18 Å². The molecule has 6 nitrogen and oxygen atoms in total. The maximum absolute atomic E-state index is 13.0. The Morgan fingerprint density at radius 1 is 1.25 bits per heavy atom. The largest absolute Gasteiger partial charge is 0.481 e. The van der Waals surface area contributed by atoms with Crippen LogP contribution in [0.1, 0.15) is 45.5 Å². The lowest BCUT2D eigenvalue weighted by molar-refractivity contribution is 0.102. The molecule has 32 heavy (non-hydrogen) atoms. The minimum Gasteiger partial charge on any atom is -0.481 e. The van der Waals surface area contributed by atoms with E-state index in [4.69, 9.17) is 9.15 Å². The standard InChI is InChI=1S/C23H22FN3O3S2/c1-14-11-20(15(2)27(14)12-19-5-4-10-31-19)21(28)13-32-23-26-25-22(30-23)16(3)29-18-8-6-17(24)7-9-18/h4-11,16H,12-13H2,1-3H3/t16-/m1/s1. The van der Waals surface area contributed by atoms with Crippen LogP contribution >= 0.6 is 23.1 Å².